The average Bonchev–Trinajstić information content (AvgIpc) is 2.77. The van der Waals surface area contributed by atoms with Gasteiger partial charge in [0.25, 0.3) is 0 Å². The summed E-state index contributed by atoms with van der Waals surface area (Å²) in [5.74, 6) is 0.847. The summed E-state index contributed by atoms with van der Waals surface area (Å²) in [6.45, 7) is 4.14. The van der Waals surface area contributed by atoms with E-state index in [4.69, 9.17) is 10.5 Å². The second-order valence-electron chi connectivity index (χ2n) is 7.44. The van der Waals surface area contributed by atoms with Crippen LogP contribution in [-0.4, -0.2) is 54.9 Å². The van der Waals surface area contributed by atoms with Gasteiger partial charge in [-0.15, -0.1) is 0 Å². The molecule has 3 rings (SSSR count). The van der Waals surface area contributed by atoms with Crippen molar-refractivity contribution in [2.75, 3.05) is 33.3 Å². The summed E-state index contributed by atoms with van der Waals surface area (Å²) in [6, 6.07) is 14.8. The Bertz CT molecular complexity index is 825. The molecule has 1 heterocycles. The predicted octanol–water partition coefficient (Wildman–Crippen LogP) is 2.31. The lowest BCUT2D eigenvalue weighted by Crippen LogP contribution is -2.52. The summed E-state index contributed by atoms with van der Waals surface area (Å²) < 4.78 is 5.15. The van der Waals surface area contributed by atoms with E-state index < -0.39 is 6.04 Å². The van der Waals surface area contributed by atoms with Crippen molar-refractivity contribution < 1.29 is 14.3 Å². The third-order valence-corrected chi connectivity index (χ3v) is 5.43. The van der Waals surface area contributed by atoms with Gasteiger partial charge < -0.3 is 20.3 Å². The van der Waals surface area contributed by atoms with Crippen molar-refractivity contribution in [2.24, 2.45) is 5.73 Å². The third-order valence-electron chi connectivity index (χ3n) is 5.43. The van der Waals surface area contributed by atoms with Gasteiger partial charge in [-0.25, -0.2) is 0 Å². The maximum Gasteiger partial charge on any atom is 0.244 e. The van der Waals surface area contributed by atoms with Crippen LogP contribution in [0.1, 0.15) is 29.2 Å². The Morgan fingerprint density at radius 2 is 1.55 bits per heavy atom. The van der Waals surface area contributed by atoms with E-state index in [0.29, 0.717) is 39.0 Å². The molecule has 0 spiro atoms. The normalized spacial score (nSPS) is 15.1. The number of carbonyl (C=O) groups is 2. The minimum Gasteiger partial charge on any atom is -0.497 e. The van der Waals surface area contributed by atoms with E-state index in [1.165, 1.54) is 0 Å². The van der Waals surface area contributed by atoms with Crippen molar-refractivity contribution in [1.29, 1.82) is 0 Å². The number of rotatable bonds is 6. The molecule has 2 aromatic carbocycles. The Labute approximate surface area is 172 Å². The molecule has 29 heavy (non-hydrogen) atoms. The van der Waals surface area contributed by atoms with Gasteiger partial charge in [0.05, 0.1) is 7.11 Å². The maximum absolute atomic E-state index is 12.7. The number of aryl methyl sites for hydroxylation is 2. The number of methoxy groups -OCH3 is 1. The van der Waals surface area contributed by atoms with E-state index >= 15 is 0 Å². The van der Waals surface area contributed by atoms with Gasteiger partial charge in [-0.3, -0.25) is 9.59 Å². The Morgan fingerprint density at radius 1 is 0.966 bits per heavy atom. The third kappa shape index (κ3) is 5.35. The molecule has 0 saturated carbocycles. The number of hydrogen-bond acceptors (Lipinski definition) is 4. The highest BCUT2D eigenvalue weighted by Crippen LogP contribution is 2.17. The highest BCUT2D eigenvalue weighted by Gasteiger charge is 2.27. The summed E-state index contributed by atoms with van der Waals surface area (Å²) in [7, 11) is 1.64. The lowest BCUT2D eigenvalue weighted by atomic mass is 10.0. The van der Waals surface area contributed by atoms with Crippen molar-refractivity contribution in [1.82, 2.24) is 9.80 Å². The molecule has 1 fully saturated rings. The van der Waals surface area contributed by atoms with Crippen LogP contribution in [0.15, 0.2) is 48.5 Å². The number of carbonyl (C=O) groups excluding carboxylic acids is 2. The van der Waals surface area contributed by atoms with Gasteiger partial charge in [-0.05, 0) is 36.6 Å². The van der Waals surface area contributed by atoms with Crippen LogP contribution in [0, 0.1) is 6.92 Å². The number of benzene rings is 2. The first-order chi connectivity index (χ1) is 14.0. The molecule has 6 heteroatoms. The van der Waals surface area contributed by atoms with Crippen molar-refractivity contribution in [3.63, 3.8) is 0 Å². The van der Waals surface area contributed by atoms with E-state index in [-0.39, 0.29) is 11.8 Å². The Hall–Kier alpha value is -2.86. The molecular weight excluding hydrogens is 366 g/mol. The molecule has 1 unspecified atom stereocenters. The smallest absolute Gasteiger partial charge is 0.244 e. The average molecular weight is 396 g/mol. The molecule has 1 saturated heterocycles. The van der Waals surface area contributed by atoms with Gasteiger partial charge in [0.15, 0.2) is 0 Å². The fourth-order valence-corrected chi connectivity index (χ4v) is 3.49. The van der Waals surface area contributed by atoms with Crippen LogP contribution >= 0.6 is 0 Å². The summed E-state index contributed by atoms with van der Waals surface area (Å²) in [4.78, 5) is 28.8. The predicted molar refractivity (Wildman–Crippen MR) is 113 cm³/mol. The fraction of sp³-hybridized carbons (Fsp3) is 0.391. The van der Waals surface area contributed by atoms with Crippen molar-refractivity contribution in [3.05, 3.63) is 65.2 Å². The lowest BCUT2D eigenvalue weighted by Gasteiger charge is -2.36. The topological polar surface area (TPSA) is 75.9 Å². The summed E-state index contributed by atoms with van der Waals surface area (Å²) in [5.41, 5.74) is 9.23. The summed E-state index contributed by atoms with van der Waals surface area (Å²) in [6.07, 6.45) is 1.16. The van der Waals surface area contributed by atoms with Crippen LogP contribution < -0.4 is 10.5 Å². The van der Waals surface area contributed by atoms with Gasteiger partial charge in [-0.2, -0.15) is 0 Å². The van der Waals surface area contributed by atoms with Crippen LogP contribution in [0.2, 0.25) is 0 Å². The second-order valence-corrected chi connectivity index (χ2v) is 7.44. The van der Waals surface area contributed by atoms with Crippen LogP contribution in [0.5, 0.6) is 5.75 Å². The number of hydrogen-bond donors (Lipinski definition) is 1. The minimum absolute atomic E-state index is 0.0841. The van der Waals surface area contributed by atoms with E-state index in [9.17, 15) is 9.59 Å². The van der Waals surface area contributed by atoms with E-state index in [0.717, 1.165) is 22.4 Å². The summed E-state index contributed by atoms with van der Waals surface area (Å²) in [5, 5.41) is 0. The van der Waals surface area contributed by atoms with Crippen LogP contribution in [-0.2, 0) is 16.0 Å². The van der Waals surface area contributed by atoms with Crippen LogP contribution in [0.3, 0.4) is 0 Å². The number of amides is 2. The fourth-order valence-electron chi connectivity index (χ4n) is 3.49. The van der Waals surface area contributed by atoms with E-state index in [2.05, 4.69) is 0 Å². The molecule has 0 aromatic heterocycles. The zero-order valence-electron chi connectivity index (χ0n) is 17.1. The number of ether oxygens (including phenoxy) is 1. The van der Waals surface area contributed by atoms with Gasteiger partial charge in [0.1, 0.15) is 11.8 Å². The maximum atomic E-state index is 12.7. The van der Waals surface area contributed by atoms with Crippen molar-refractivity contribution in [3.8, 4) is 5.75 Å². The quantitative estimate of drug-likeness (QED) is 0.814. The van der Waals surface area contributed by atoms with Gasteiger partial charge in [0, 0.05) is 32.6 Å². The number of piperazine rings is 1. The Kier molecular flexibility index (Phi) is 6.88. The standard InChI is InChI=1S/C23H29N3O3/c1-17-3-8-19(9-4-17)22(24)23(28)26-15-13-25(14-16-26)21(27)12-7-18-5-10-20(29-2)11-6-18/h3-6,8-11,22H,7,12-16,24H2,1-2H3. The van der Waals surface area contributed by atoms with Crippen LogP contribution in [0.25, 0.3) is 0 Å². The molecule has 6 nitrogen and oxygen atoms in total. The van der Waals surface area contributed by atoms with Crippen LogP contribution in [0.4, 0.5) is 0 Å². The molecule has 2 N–H and O–H groups in total. The largest absolute Gasteiger partial charge is 0.497 e. The van der Waals surface area contributed by atoms with Crippen molar-refractivity contribution >= 4 is 11.8 Å². The van der Waals surface area contributed by atoms with E-state index in [1.807, 2.05) is 60.4 Å². The molecule has 2 aromatic rings. The first-order valence-electron chi connectivity index (χ1n) is 9.99. The van der Waals surface area contributed by atoms with Gasteiger partial charge >= 0.3 is 0 Å². The van der Waals surface area contributed by atoms with Gasteiger partial charge in [0.2, 0.25) is 11.8 Å². The van der Waals surface area contributed by atoms with Gasteiger partial charge in [-0.1, -0.05) is 42.0 Å². The SMILES string of the molecule is COc1ccc(CCC(=O)N2CCN(C(=O)C(N)c3ccc(C)cc3)CC2)cc1. The first kappa shape index (κ1) is 20.9. The minimum atomic E-state index is -0.659. The Balaban J connectivity index is 1.46. The highest BCUT2D eigenvalue weighted by atomic mass is 16.5. The zero-order valence-corrected chi connectivity index (χ0v) is 17.1. The zero-order chi connectivity index (χ0) is 20.8. The number of nitrogens with zero attached hydrogens (tertiary/aromatic N) is 2. The molecule has 1 aliphatic heterocycles. The number of nitrogens with two attached hydrogens (primary N) is 1. The van der Waals surface area contributed by atoms with Crippen molar-refractivity contribution in [2.45, 2.75) is 25.8 Å². The monoisotopic (exact) mass is 395 g/mol. The van der Waals surface area contributed by atoms with E-state index in [1.54, 1.807) is 12.0 Å². The molecule has 1 aliphatic rings. The molecule has 0 bridgehead atoms. The molecule has 0 radical (unpaired) electrons. The molecule has 154 valence electrons. The first-order valence-corrected chi connectivity index (χ1v) is 9.99. The lowest BCUT2D eigenvalue weighted by molar-refractivity contribution is -0.140. The molecule has 2 amide bonds. The molecule has 0 aliphatic carbocycles. The molecular formula is C23H29N3O3. The molecule has 1 atom stereocenters. The highest BCUT2D eigenvalue weighted by molar-refractivity contribution is 5.83. The second kappa shape index (κ2) is 9.56. The Morgan fingerprint density at radius 3 is 2.14 bits per heavy atom. The summed E-state index contributed by atoms with van der Waals surface area (Å²) >= 11 is 0.